The summed E-state index contributed by atoms with van der Waals surface area (Å²) in [6, 6.07) is 0. The monoisotopic (exact) mass is 214 g/mol. The first-order valence-corrected chi connectivity index (χ1v) is 6.14. The first-order chi connectivity index (χ1) is 7.35. The smallest absolute Gasteiger partial charge is 0.107 e. The predicted octanol–water partition coefficient (Wildman–Crippen LogP) is 1.73. The van der Waals surface area contributed by atoms with Crippen molar-refractivity contribution in [1.82, 2.24) is 0 Å². The van der Waals surface area contributed by atoms with Gasteiger partial charge < -0.3 is 14.6 Å². The zero-order valence-corrected chi connectivity index (χ0v) is 9.52. The summed E-state index contributed by atoms with van der Waals surface area (Å²) in [4.78, 5) is 0. The number of rotatable bonds is 3. The van der Waals surface area contributed by atoms with Crippen LogP contribution in [-0.2, 0) is 9.47 Å². The maximum absolute atomic E-state index is 9.18. The molecule has 0 spiro atoms. The van der Waals surface area contributed by atoms with Gasteiger partial charge in [-0.2, -0.15) is 0 Å². The molecule has 3 atom stereocenters. The number of hydrogen-bond acceptors (Lipinski definition) is 3. The maximum Gasteiger partial charge on any atom is 0.107 e. The molecular weight excluding hydrogens is 192 g/mol. The molecule has 1 aliphatic carbocycles. The van der Waals surface area contributed by atoms with Crippen LogP contribution in [0.25, 0.3) is 0 Å². The normalized spacial score (nSPS) is 38.4. The van der Waals surface area contributed by atoms with E-state index in [-0.39, 0.29) is 18.8 Å². The van der Waals surface area contributed by atoms with Crippen molar-refractivity contribution in [2.24, 2.45) is 5.92 Å². The molecule has 88 valence electrons. The zero-order valence-electron chi connectivity index (χ0n) is 9.52. The van der Waals surface area contributed by atoms with Crippen LogP contribution in [0, 0.1) is 5.92 Å². The summed E-state index contributed by atoms with van der Waals surface area (Å²) in [6.45, 7) is 0.0850. The van der Waals surface area contributed by atoms with Crippen molar-refractivity contribution in [3.63, 3.8) is 0 Å². The van der Waals surface area contributed by atoms with Crippen LogP contribution in [0.4, 0.5) is 0 Å². The third-order valence-corrected chi connectivity index (χ3v) is 3.89. The van der Waals surface area contributed by atoms with E-state index in [2.05, 4.69) is 0 Å². The fraction of sp³-hybridized carbons (Fsp3) is 1.00. The third-order valence-electron chi connectivity index (χ3n) is 3.89. The summed E-state index contributed by atoms with van der Waals surface area (Å²) in [5, 5.41) is 9.18. The van der Waals surface area contributed by atoms with Crippen LogP contribution in [0.3, 0.4) is 0 Å². The molecule has 0 unspecified atom stereocenters. The highest BCUT2D eigenvalue weighted by Gasteiger charge is 2.38. The Hall–Kier alpha value is -0.120. The van der Waals surface area contributed by atoms with Gasteiger partial charge in [0.05, 0.1) is 18.8 Å². The standard InChI is InChI=1S/C12H22O3/c1-14-11-7-10(15-12(11)8-13)9-5-3-2-4-6-9/h9-13H,2-8H2,1H3/t10-,11-,12-/m1/s1. The summed E-state index contributed by atoms with van der Waals surface area (Å²) >= 11 is 0. The van der Waals surface area contributed by atoms with Gasteiger partial charge in [-0.25, -0.2) is 0 Å². The number of hydrogen-bond donors (Lipinski definition) is 1. The molecule has 2 aliphatic rings. The molecule has 3 nitrogen and oxygen atoms in total. The van der Waals surface area contributed by atoms with Gasteiger partial charge in [0.15, 0.2) is 0 Å². The average molecular weight is 214 g/mol. The summed E-state index contributed by atoms with van der Waals surface area (Å²) in [5.41, 5.74) is 0. The van der Waals surface area contributed by atoms with Gasteiger partial charge in [0.1, 0.15) is 6.10 Å². The Kier molecular flexibility index (Phi) is 4.00. The molecule has 1 aliphatic heterocycles. The number of methoxy groups -OCH3 is 1. The van der Waals surface area contributed by atoms with Crippen molar-refractivity contribution >= 4 is 0 Å². The van der Waals surface area contributed by atoms with E-state index in [1.165, 1.54) is 32.1 Å². The minimum atomic E-state index is -0.0954. The summed E-state index contributed by atoms with van der Waals surface area (Å²) < 4.78 is 11.2. The lowest BCUT2D eigenvalue weighted by atomic mass is 9.84. The summed E-state index contributed by atoms with van der Waals surface area (Å²) in [7, 11) is 1.71. The van der Waals surface area contributed by atoms with Crippen molar-refractivity contribution in [2.75, 3.05) is 13.7 Å². The van der Waals surface area contributed by atoms with Crippen molar-refractivity contribution in [3.05, 3.63) is 0 Å². The fourth-order valence-electron chi connectivity index (χ4n) is 2.97. The molecule has 3 heteroatoms. The van der Waals surface area contributed by atoms with Crippen LogP contribution in [0.15, 0.2) is 0 Å². The van der Waals surface area contributed by atoms with Gasteiger partial charge in [-0.05, 0) is 18.8 Å². The fourth-order valence-corrected chi connectivity index (χ4v) is 2.97. The molecule has 0 aromatic rings. The van der Waals surface area contributed by atoms with Gasteiger partial charge in [0, 0.05) is 13.5 Å². The Labute approximate surface area is 91.8 Å². The van der Waals surface area contributed by atoms with Gasteiger partial charge in [-0.15, -0.1) is 0 Å². The molecule has 1 heterocycles. The van der Waals surface area contributed by atoms with Gasteiger partial charge in [0.25, 0.3) is 0 Å². The quantitative estimate of drug-likeness (QED) is 0.777. The average Bonchev–Trinajstić information content (AvgIpc) is 2.73. The molecule has 2 fully saturated rings. The minimum Gasteiger partial charge on any atom is -0.394 e. The Morgan fingerprint density at radius 3 is 2.53 bits per heavy atom. The first kappa shape index (κ1) is 11.4. The predicted molar refractivity (Wildman–Crippen MR) is 57.7 cm³/mol. The van der Waals surface area contributed by atoms with Gasteiger partial charge in [0.2, 0.25) is 0 Å². The minimum absolute atomic E-state index is 0.0850. The molecule has 1 N–H and O–H groups in total. The van der Waals surface area contributed by atoms with Gasteiger partial charge >= 0.3 is 0 Å². The largest absolute Gasteiger partial charge is 0.394 e. The molecular formula is C12H22O3. The van der Waals surface area contributed by atoms with E-state index in [9.17, 15) is 5.11 Å². The maximum atomic E-state index is 9.18. The topological polar surface area (TPSA) is 38.7 Å². The van der Waals surface area contributed by atoms with Crippen LogP contribution in [0.2, 0.25) is 0 Å². The van der Waals surface area contributed by atoms with E-state index >= 15 is 0 Å². The lowest BCUT2D eigenvalue weighted by molar-refractivity contribution is -0.0505. The third kappa shape index (κ3) is 2.52. The van der Waals surface area contributed by atoms with Crippen molar-refractivity contribution < 1.29 is 14.6 Å². The summed E-state index contributed by atoms with van der Waals surface area (Å²) in [6.07, 6.45) is 7.93. The van der Waals surface area contributed by atoms with Gasteiger partial charge in [-0.1, -0.05) is 19.3 Å². The SMILES string of the molecule is CO[C@@H]1C[C@H](C2CCCCC2)O[C@@H]1CO. The van der Waals surface area contributed by atoms with Gasteiger partial charge in [-0.3, -0.25) is 0 Å². The Balaban J connectivity index is 1.88. The molecule has 15 heavy (non-hydrogen) atoms. The highest BCUT2D eigenvalue weighted by molar-refractivity contribution is 4.87. The second kappa shape index (κ2) is 5.28. The molecule has 0 bridgehead atoms. The van der Waals surface area contributed by atoms with Crippen LogP contribution >= 0.6 is 0 Å². The lowest BCUT2D eigenvalue weighted by Crippen LogP contribution is -2.27. The Bertz CT molecular complexity index is 177. The van der Waals surface area contributed by atoms with Crippen LogP contribution in [0.1, 0.15) is 38.5 Å². The summed E-state index contributed by atoms with van der Waals surface area (Å²) in [5.74, 6) is 0.702. The van der Waals surface area contributed by atoms with Crippen molar-refractivity contribution in [1.29, 1.82) is 0 Å². The molecule has 0 radical (unpaired) electrons. The molecule has 1 saturated carbocycles. The molecule has 0 aromatic carbocycles. The molecule has 1 saturated heterocycles. The van der Waals surface area contributed by atoms with E-state index in [0.29, 0.717) is 12.0 Å². The van der Waals surface area contributed by atoms with Crippen molar-refractivity contribution in [3.8, 4) is 0 Å². The number of aliphatic hydroxyl groups excluding tert-OH is 1. The van der Waals surface area contributed by atoms with E-state index in [4.69, 9.17) is 9.47 Å². The van der Waals surface area contributed by atoms with E-state index in [0.717, 1.165) is 6.42 Å². The van der Waals surface area contributed by atoms with Crippen molar-refractivity contribution in [2.45, 2.75) is 56.8 Å². The molecule has 0 amide bonds. The first-order valence-electron chi connectivity index (χ1n) is 6.14. The van der Waals surface area contributed by atoms with E-state index < -0.39 is 0 Å². The Morgan fingerprint density at radius 1 is 1.27 bits per heavy atom. The van der Waals surface area contributed by atoms with Crippen LogP contribution in [0.5, 0.6) is 0 Å². The second-order valence-electron chi connectivity index (χ2n) is 4.80. The number of aliphatic hydroxyl groups is 1. The number of ether oxygens (including phenoxy) is 2. The van der Waals surface area contributed by atoms with Crippen LogP contribution < -0.4 is 0 Å². The van der Waals surface area contributed by atoms with Crippen LogP contribution in [-0.4, -0.2) is 37.1 Å². The highest BCUT2D eigenvalue weighted by atomic mass is 16.6. The Morgan fingerprint density at radius 2 is 2.00 bits per heavy atom. The van der Waals surface area contributed by atoms with E-state index in [1.807, 2.05) is 0 Å². The highest BCUT2D eigenvalue weighted by Crippen LogP contribution is 2.35. The molecule has 2 rings (SSSR count). The van der Waals surface area contributed by atoms with E-state index in [1.54, 1.807) is 7.11 Å². The lowest BCUT2D eigenvalue weighted by Gasteiger charge is -2.26. The zero-order chi connectivity index (χ0) is 10.7. The molecule has 0 aromatic heterocycles. The second-order valence-corrected chi connectivity index (χ2v) is 4.80.